The molecular weight excluding hydrogens is 243 g/mol. The lowest BCUT2D eigenvalue weighted by atomic mass is 10.1. The fourth-order valence-corrected chi connectivity index (χ4v) is 1.26. The van der Waals surface area contributed by atoms with Crippen molar-refractivity contribution in [2.75, 3.05) is 6.61 Å². The second kappa shape index (κ2) is 8.44. The van der Waals surface area contributed by atoms with Gasteiger partial charge >= 0.3 is 12.2 Å². The van der Waals surface area contributed by atoms with E-state index in [1.165, 1.54) is 0 Å². The van der Waals surface area contributed by atoms with Crippen LogP contribution in [0, 0.1) is 0 Å². The fourth-order valence-electron chi connectivity index (χ4n) is 1.26. The number of hydrogen-bond acceptors (Lipinski definition) is 1. The Morgan fingerprint density at radius 2 is 1.47 bits per heavy atom. The van der Waals surface area contributed by atoms with Gasteiger partial charge in [-0.2, -0.15) is 22.0 Å². The number of halogens is 5. The van der Waals surface area contributed by atoms with Crippen LogP contribution in [-0.4, -0.2) is 12.7 Å². The Kier molecular flexibility index (Phi) is 8.12. The van der Waals surface area contributed by atoms with Crippen LogP contribution in [0.2, 0.25) is 0 Å². The molecule has 102 valence electrons. The molecule has 0 amide bonds. The van der Waals surface area contributed by atoms with Gasteiger partial charge < -0.3 is 4.74 Å². The van der Waals surface area contributed by atoms with E-state index in [9.17, 15) is 22.0 Å². The van der Waals surface area contributed by atoms with Gasteiger partial charge in [-0.15, -0.1) is 0 Å². The number of rotatable bonds is 9. The summed E-state index contributed by atoms with van der Waals surface area (Å²) in [6, 6.07) is 0. The van der Waals surface area contributed by atoms with Crippen molar-refractivity contribution in [2.45, 2.75) is 51.6 Å². The average Bonchev–Trinajstić information content (AvgIpc) is 2.26. The second-order valence-electron chi connectivity index (χ2n) is 3.71. The van der Waals surface area contributed by atoms with Crippen LogP contribution in [0.3, 0.4) is 0 Å². The molecule has 0 atom stereocenters. The van der Waals surface area contributed by atoms with E-state index in [2.05, 4.69) is 4.74 Å². The van der Waals surface area contributed by atoms with E-state index < -0.39 is 24.6 Å². The maximum atomic E-state index is 12.6. The highest BCUT2D eigenvalue weighted by molar-refractivity contribution is 4.99. The van der Waals surface area contributed by atoms with Crippen molar-refractivity contribution in [1.82, 2.24) is 0 Å². The summed E-state index contributed by atoms with van der Waals surface area (Å²) in [6.45, 7) is 1.62. The van der Waals surface area contributed by atoms with Crippen LogP contribution >= 0.6 is 0 Å². The molecule has 0 aromatic heterocycles. The monoisotopic (exact) mass is 260 g/mol. The summed E-state index contributed by atoms with van der Waals surface area (Å²) in [5.74, 6) is -2.80. The molecule has 0 saturated heterocycles. The van der Waals surface area contributed by atoms with Gasteiger partial charge in [0.15, 0.2) is 0 Å². The van der Waals surface area contributed by atoms with Gasteiger partial charge in [0.05, 0.1) is 6.61 Å². The normalized spacial score (nSPS) is 11.6. The van der Waals surface area contributed by atoms with Gasteiger partial charge in [-0.05, 0) is 6.42 Å². The fraction of sp³-hybridized carbons (Fsp3) is 0.818. The second-order valence-corrected chi connectivity index (χ2v) is 3.71. The number of alkyl halides is 2. The Bertz CT molecular complexity index is 236. The zero-order valence-electron chi connectivity index (χ0n) is 9.75. The van der Waals surface area contributed by atoms with Crippen LogP contribution in [-0.2, 0) is 4.74 Å². The molecule has 17 heavy (non-hydrogen) atoms. The SMILES string of the molecule is CCCCCCCCOC(F)(F)C(F)=C(F)F. The standard InChI is InChI=1S/C11H17F5O/c1-2-3-4-5-6-7-8-17-11(15,16)9(12)10(13)14/h2-8H2,1H3. The van der Waals surface area contributed by atoms with Crippen LogP contribution < -0.4 is 0 Å². The van der Waals surface area contributed by atoms with E-state index in [1.807, 2.05) is 6.92 Å². The third-order valence-corrected chi connectivity index (χ3v) is 2.20. The summed E-state index contributed by atoms with van der Waals surface area (Å²) >= 11 is 0. The van der Waals surface area contributed by atoms with Crippen LogP contribution in [0.25, 0.3) is 0 Å². The maximum absolute atomic E-state index is 12.6. The smallest absolute Gasteiger partial charge is 0.315 e. The molecule has 0 aliphatic heterocycles. The molecule has 0 heterocycles. The Balaban J connectivity index is 3.70. The molecule has 0 unspecified atom stereocenters. The van der Waals surface area contributed by atoms with E-state index in [4.69, 9.17) is 0 Å². The lowest BCUT2D eigenvalue weighted by Crippen LogP contribution is -2.23. The van der Waals surface area contributed by atoms with E-state index in [0.717, 1.165) is 25.7 Å². The topological polar surface area (TPSA) is 9.23 Å². The van der Waals surface area contributed by atoms with Crippen molar-refractivity contribution in [3.63, 3.8) is 0 Å². The molecule has 0 fully saturated rings. The maximum Gasteiger partial charge on any atom is 0.414 e. The van der Waals surface area contributed by atoms with Crippen molar-refractivity contribution in [3.8, 4) is 0 Å². The Morgan fingerprint density at radius 1 is 0.941 bits per heavy atom. The molecule has 6 heteroatoms. The highest BCUT2D eigenvalue weighted by Crippen LogP contribution is 2.30. The molecule has 0 saturated carbocycles. The zero-order chi connectivity index (χ0) is 13.3. The van der Waals surface area contributed by atoms with Gasteiger partial charge in [-0.1, -0.05) is 39.0 Å². The van der Waals surface area contributed by atoms with Crippen LogP contribution in [0.15, 0.2) is 11.9 Å². The van der Waals surface area contributed by atoms with Gasteiger partial charge in [0, 0.05) is 0 Å². The highest BCUT2D eigenvalue weighted by Gasteiger charge is 2.40. The lowest BCUT2D eigenvalue weighted by molar-refractivity contribution is -0.223. The van der Waals surface area contributed by atoms with Gasteiger partial charge in [0.25, 0.3) is 5.83 Å². The third kappa shape index (κ3) is 7.31. The van der Waals surface area contributed by atoms with Gasteiger partial charge in [-0.25, -0.2) is 0 Å². The Morgan fingerprint density at radius 3 is 2.00 bits per heavy atom. The lowest BCUT2D eigenvalue weighted by Gasteiger charge is -2.13. The average molecular weight is 260 g/mol. The number of unbranched alkanes of at least 4 members (excludes halogenated alkanes) is 5. The van der Waals surface area contributed by atoms with Crippen LogP contribution in [0.4, 0.5) is 22.0 Å². The zero-order valence-corrected chi connectivity index (χ0v) is 9.75. The van der Waals surface area contributed by atoms with Crippen LogP contribution in [0.1, 0.15) is 45.4 Å². The molecule has 0 N–H and O–H groups in total. The molecule has 0 radical (unpaired) electrons. The molecule has 0 bridgehead atoms. The van der Waals surface area contributed by atoms with Crippen molar-refractivity contribution in [3.05, 3.63) is 11.9 Å². The minimum atomic E-state index is -4.51. The van der Waals surface area contributed by atoms with Crippen molar-refractivity contribution >= 4 is 0 Å². The molecule has 0 aromatic carbocycles. The molecule has 0 rings (SSSR count). The minimum Gasteiger partial charge on any atom is -0.315 e. The highest BCUT2D eigenvalue weighted by atomic mass is 19.3. The van der Waals surface area contributed by atoms with Gasteiger partial charge in [0.1, 0.15) is 0 Å². The number of ether oxygens (including phenoxy) is 1. The van der Waals surface area contributed by atoms with E-state index >= 15 is 0 Å². The summed E-state index contributed by atoms with van der Waals surface area (Å²) < 4.78 is 64.3. The molecule has 0 aliphatic carbocycles. The first-order valence-electron chi connectivity index (χ1n) is 5.64. The molecular formula is C11H17F5O. The minimum absolute atomic E-state index is 0.306. The predicted octanol–water partition coefficient (Wildman–Crippen LogP) is 5.03. The largest absolute Gasteiger partial charge is 0.414 e. The molecule has 0 aromatic rings. The quantitative estimate of drug-likeness (QED) is 0.417. The molecule has 1 nitrogen and oxygen atoms in total. The summed E-state index contributed by atoms with van der Waals surface area (Å²) in [6.07, 6.45) is -2.57. The number of hydrogen-bond donors (Lipinski definition) is 0. The summed E-state index contributed by atoms with van der Waals surface area (Å²) in [5, 5.41) is 0. The van der Waals surface area contributed by atoms with E-state index in [-0.39, 0.29) is 0 Å². The summed E-state index contributed by atoms with van der Waals surface area (Å²) in [4.78, 5) is 0. The van der Waals surface area contributed by atoms with Crippen molar-refractivity contribution < 1.29 is 26.7 Å². The van der Waals surface area contributed by atoms with Gasteiger partial charge in [-0.3, -0.25) is 0 Å². The predicted molar refractivity (Wildman–Crippen MR) is 54.6 cm³/mol. The summed E-state index contributed by atoms with van der Waals surface area (Å²) in [7, 11) is 0. The molecule has 0 aliphatic rings. The van der Waals surface area contributed by atoms with E-state index in [1.54, 1.807) is 0 Å². The first kappa shape index (κ1) is 16.4. The van der Waals surface area contributed by atoms with Gasteiger partial charge in [0.2, 0.25) is 0 Å². The third-order valence-electron chi connectivity index (χ3n) is 2.20. The van der Waals surface area contributed by atoms with Crippen LogP contribution in [0.5, 0.6) is 0 Å². The molecule has 0 spiro atoms. The Hall–Kier alpha value is -0.650. The first-order valence-corrected chi connectivity index (χ1v) is 5.64. The van der Waals surface area contributed by atoms with Crippen molar-refractivity contribution in [2.24, 2.45) is 0 Å². The first-order chi connectivity index (χ1) is 7.91. The van der Waals surface area contributed by atoms with Crippen molar-refractivity contribution in [1.29, 1.82) is 0 Å². The summed E-state index contributed by atoms with van der Waals surface area (Å²) in [5.41, 5.74) is 0. The van der Waals surface area contributed by atoms with E-state index in [0.29, 0.717) is 12.8 Å². The Labute approximate surface area is 97.6 Å².